The first kappa shape index (κ1) is 12.6. The van der Waals surface area contributed by atoms with E-state index in [0.29, 0.717) is 17.9 Å². The average Bonchev–Trinajstić information content (AvgIpc) is 2.15. The van der Waals surface area contributed by atoms with Crippen LogP contribution < -0.4 is 5.73 Å². The molecule has 0 rings (SSSR count). The average molecular weight is 201 g/mol. The van der Waals surface area contributed by atoms with Crippen LogP contribution in [0.15, 0.2) is 0 Å². The summed E-state index contributed by atoms with van der Waals surface area (Å²) in [5.74, 6) is -1.02. The Kier molecular flexibility index (Phi) is 6.30. The highest BCUT2D eigenvalue weighted by atomic mass is 16.5. The predicted octanol–water partition coefficient (Wildman–Crippen LogP) is -0.785. The summed E-state index contributed by atoms with van der Waals surface area (Å²) < 4.78 is 0. The van der Waals surface area contributed by atoms with Crippen LogP contribution in [0.5, 0.6) is 0 Å². The lowest BCUT2D eigenvalue weighted by molar-refractivity contribution is -0.151. The zero-order valence-corrected chi connectivity index (χ0v) is 7.68. The maximum Gasteiger partial charge on any atom is 0.233 e. The summed E-state index contributed by atoms with van der Waals surface area (Å²) in [6.07, 6.45) is 2.89. The second-order valence-corrected chi connectivity index (χ2v) is 2.90. The van der Waals surface area contributed by atoms with E-state index in [1.807, 2.05) is 0 Å². The van der Waals surface area contributed by atoms with Gasteiger partial charge in [-0.05, 0) is 12.8 Å². The molecule has 0 aliphatic rings. The van der Waals surface area contributed by atoms with E-state index in [4.69, 9.17) is 10.9 Å². The lowest BCUT2D eigenvalue weighted by Crippen LogP contribution is -2.26. The molecule has 1 unspecified atom stereocenters. The van der Waals surface area contributed by atoms with Crippen molar-refractivity contribution < 1.29 is 19.6 Å². The minimum atomic E-state index is -0.579. The van der Waals surface area contributed by atoms with Crippen molar-refractivity contribution in [2.45, 2.75) is 19.3 Å². The van der Waals surface area contributed by atoms with E-state index in [1.165, 1.54) is 0 Å². The van der Waals surface area contributed by atoms with Crippen LogP contribution in [0.3, 0.4) is 0 Å². The van der Waals surface area contributed by atoms with Crippen molar-refractivity contribution in [3.05, 3.63) is 0 Å². The maximum atomic E-state index is 10.4. The number of hydroxylamine groups is 2. The van der Waals surface area contributed by atoms with Gasteiger partial charge in [0.05, 0.1) is 6.54 Å². The molecule has 0 bridgehead atoms. The molecule has 0 saturated heterocycles. The van der Waals surface area contributed by atoms with Gasteiger partial charge in [-0.1, -0.05) is 0 Å². The first-order valence-electron chi connectivity index (χ1n) is 4.17. The number of carbonyl (C=O) groups is 2. The van der Waals surface area contributed by atoms with Gasteiger partial charge in [0.15, 0.2) is 0 Å². The van der Waals surface area contributed by atoms with Gasteiger partial charge in [0.1, 0.15) is 0 Å². The molecule has 6 heteroatoms. The minimum absolute atomic E-state index is 0.105. The highest BCUT2D eigenvalue weighted by Gasteiger charge is 2.12. The van der Waals surface area contributed by atoms with Crippen LogP contribution in [0, 0.1) is 5.92 Å². The molecule has 0 aromatic rings. The quantitative estimate of drug-likeness (QED) is 0.305. The van der Waals surface area contributed by atoms with Crippen LogP contribution in [0.2, 0.25) is 0 Å². The molecule has 14 heavy (non-hydrogen) atoms. The number of carbonyl (C=O) groups excluding carboxylic acids is 3. The molecule has 2 amide bonds. The van der Waals surface area contributed by atoms with Crippen molar-refractivity contribution in [3.63, 3.8) is 0 Å². The lowest BCUT2D eigenvalue weighted by atomic mass is 10.0. The van der Waals surface area contributed by atoms with Gasteiger partial charge in [0.25, 0.3) is 0 Å². The number of nitrogens with two attached hydrogens (primary N) is 1. The van der Waals surface area contributed by atoms with Crippen LogP contribution in [-0.4, -0.2) is 35.4 Å². The summed E-state index contributed by atoms with van der Waals surface area (Å²) in [5, 5.41) is 9.14. The molecule has 1 atom stereocenters. The van der Waals surface area contributed by atoms with Gasteiger partial charge >= 0.3 is 0 Å². The molecule has 79 valence electrons. The summed E-state index contributed by atoms with van der Waals surface area (Å²) in [4.78, 5) is 30.7. The number of nitrogens with zero attached hydrogens (tertiary/aromatic N) is 1. The summed E-state index contributed by atoms with van der Waals surface area (Å²) in [6, 6.07) is 0. The first-order chi connectivity index (χ1) is 6.60. The molecule has 0 aromatic carbocycles. The van der Waals surface area contributed by atoms with Gasteiger partial charge in [-0.3, -0.25) is 19.6 Å². The van der Waals surface area contributed by atoms with Gasteiger partial charge in [0, 0.05) is 12.3 Å². The van der Waals surface area contributed by atoms with E-state index < -0.39 is 11.8 Å². The number of amides is 2. The normalized spacial score (nSPS) is 11.8. The zero-order chi connectivity index (χ0) is 11.0. The molecule has 0 spiro atoms. The van der Waals surface area contributed by atoms with Gasteiger partial charge in [-0.25, -0.2) is 5.06 Å². The third kappa shape index (κ3) is 6.13. The smallest absolute Gasteiger partial charge is 0.233 e. The molecule has 0 aliphatic heterocycles. The Bertz CT molecular complexity index is 208. The van der Waals surface area contributed by atoms with Crippen LogP contribution >= 0.6 is 0 Å². The molecule has 0 heterocycles. The second kappa shape index (κ2) is 7.02. The van der Waals surface area contributed by atoms with E-state index in [9.17, 15) is 14.4 Å². The lowest BCUT2D eigenvalue weighted by Gasteiger charge is -2.12. The van der Waals surface area contributed by atoms with Crippen molar-refractivity contribution in [2.24, 2.45) is 11.7 Å². The summed E-state index contributed by atoms with van der Waals surface area (Å²) in [6.45, 7) is -0.105. The van der Waals surface area contributed by atoms with Crippen LogP contribution in [0.1, 0.15) is 19.3 Å². The highest BCUT2D eigenvalue weighted by molar-refractivity contribution is 5.73. The molecule has 0 aliphatic carbocycles. The molecule has 0 aromatic heterocycles. The van der Waals surface area contributed by atoms with Gasteiger partial charge in [0.2, 0.25) is 18.6 Å². The van der Waals surface area contributed by atoms with Crippen molar-refractivity contribution in [1.29, 1.82) is 0 Å². The molecule has 6 nitrogen and oxygen atoms in total. The third-order valence-electron chi connectivity index (χ3n) is 1.67. The van der Waals surface area contributed by atoms with Crippen molar-refractivity contribution >= 4 is 18.6 Å². The first-order valence-corrected chi connectivity index (χ1v) is 4.17. The van der Waals surface area contributed by atoms with Crippen molar-refractivity contribution in [3.8, 4) is 0 Å². The standard InChI is InChI=1S/C8H13N2O4/c9-8(13)3-1-2-7(5-11)4-10(14)6-12/h6-7,14H,1-4H2,(H2,9,13). The zero-order valence-electron chi connectivity index (χ0n) is 7.68. The monoisotopic (exact) mass is 201 g/mol. The molecule has 0 saturated carbocycles. The van der Waals surface area contributed by atoms with Crippen LogP contribution in [0.25, 0.3) is 0 Å². The Morgan fingerprint density at radius 3 is 2.71 bits per heavy atom. The fourth-order valence-electron chi connectivity index (χ4n) is 0.979. The Morgan fingerprint density at radius 1 is 1.64 bits per heavy atom. The summed E-state index contributed by atoms with van der Waals surface area (Å²) in [7, 11) is 0. The van der Waals surface area contributed by atoms with Crippen molar-refractivity contribution in [1.82, 2.24) is 5.06 Å². The maximum absolute atomic E-state index is 10.4. The van der Waals surface area contributed by atoms with E-state index >= 15 is 0 Å². The van der Waals surface area contributed by atoms with E-state index in [2.05, 4.69) is 0 Å². The molecule has 3 N–H and O–H groups in total. The Labute approximate surface area is 81.6 Å². The van der Waals surface area contributed by atoms with E-state index in [1.54, 1.807) is 6.29 Å². The Hall–Kier alpha value is -1.43. The Balaban J connectivity index is 3.73. The second-order valence-electron chi connectivity index (χ2n) is 2.90. The minimum Gasteiger partial charge on any atom is -0.370 e. The van der Waals surface area contributed by atoms with Gasteiger partial charge in [-0.2, -0.15) is 0 Å². The number of hydrogen-bond acceptors (Lipinski definition) is 4. The fraction of sp³-hybridized carbons (Fsp3) is 0.625. The molecular formula is C8H13N2O4. The van der Waals surface area contributed by atoms with Gasteiger partial charge < -0.3 is 5.73 Å². The number of primary amides is 1. The number of hydrogen-bond donors (Lipinski definition) is 2. The topological polar surface area (TPSA) is 101 Å². The van der Waals surface area contributed by atoms with E-state index in [0.717, 1.165) is 0 Å². The van der Waals surface area contributed by atoms with Crippen LogP contribution in [-0.2, 0) is 14.4 Å². The third-order valence-corrected chi connectivity index (χ3v) is 1.67. The summed E-state index contributed by atoms with van der Waals surface area (Å²) >= 11 is 0. The fourth-order valence-corrected chi connectivity index (χ4v) is 0.979. The predicted molar refractivity (Wildman–Crippen MR) is 46.8 cm³/mol. The molecule has 0 fully saturated rings. The SMILES string of the molecule is NC(=O)CCCC([C]=O)CN(O)C=O. The molecular weight excluding hydrogens is 188 g/mol. The van der Waals surface area contributed by atoms with E-state index in [-0.39, 0.29) is 19.4 Å². The van der Waals surface area contributed by atoms with Crippen molar-refractivity contribution in [2.75, 3.05) is 6.54 Å². The van der Waals surface area contributed by atoms with Crippen LogP contribution in [0.4, 0.5) is 0 Å². The molecule has 1 radical (unpaired) electrons. The Morgan fingerprint density at radius 2 is 2.29 bits per heavy atom. The van der Waals surface area contributed by atoms with Gasteiger partial charge in [-0.15, -0.1) is 0 Å². The largest absolute Gasteiger partial charge is 0.370 e. The highest BCUT2D eigenvalue weighted by Crippen LogP contribution is 2.06. The number of rotatable bonds is 8. The summed E-state index contributed by atoms with van der Waals surface area (Å²) in [5.41, 5.74) is 4.89.